The topological polar surface area (TPSA) is 20.2 Å². The lowest BCUT2D eigenvalue weighted by Crippen LogP contribution is -1.62. The molecule has 0 saturated heterocycles. The number of hydrogen-bond donors (Lipinski definition) is 1. The third kappa shape index (κ3) is 1.70. The number of aliphatic hydroxyl groups excluding tert-OH is 1. The van der Waals surface area contributed by atoms with E-state index < -0.39 is 0 Å². The standard InChI is InChI=1S/C3H6O/c1-2-3-4/h2,4H,1,3H2/i4T. The lowest BCUT2D eigenvalue weighted by Gasteiger charge is -1.60. The molecule has 1 N–H and O–H groups in total. The van der Waals surface area contributed by atoms with Crippen molar-refractivity contribution in [3.8, 4) is 0 Å². The molecule has 24 valence electrons. The minimum Gasteiger partial charge on any atom is -0.392 e. The molecule has 1 nitrogen and oxygen atoms in total. The van der Waals surface area contributed by atoms with Crippen LogP contribution in [-0.2, 0) is 0 Å². The molecule has 0 rings (SSSR count). The van der Waals surface area contributed by atoms with E-state index in [-0.39, 0.29) is 0 Å². The Balaban J connectivity index is 2.40. The second kappa shape index (κ2) is 2.70. The summed E-state index contributed by atoms with van der Waals surface area (Å²) in [4.78, 5) is 0. The van der Waals surface area contributed by atoms with Gasteiger partial charge < -0.3 is 5.11 Å². The first-order chi connectivity index (χ1) is 2.41. The summed E-state index contributed by atoms with van der Waals surface area (Å²) < 4.78 is 6.03. The van der Waals surface area contributed by atoms with Gasteiger partial charge in [-0.3, -0.25) is 0 Å². The van der Waals surface area contributed by atoms with Gasteiger partial charge in [-0.15, -0.1) is 6.58 Å². The van der Waals surface area contributed by atoms with Gasteiger partial charge in [0.05, 0.1) is 6.61 Å². The fraction of sp³-hybridized carbons (Fsp3) is 0.333. The Morgan fingerprint density at radius 3 is 3.25 bits per heavy atom. The highest BCUT2D eigenvalue weighted by Crippen LogP contribution is 1.46. The molecular formula is C3H6O. The Labute approximate surface area is 27.1 Å². The number of rotatable bonds is 2. The highest BCUT2D eigenvalue weighted by molar-refractivity contribution is 4.60. The van der Waals surface area contributed by atoms with Crippen molar-refractivity contribution in [2.24, 2.45) is 0 Å². The fourth-order valence-corrected chi connectivity index (χ4v) is 0. The zero-order valence-electron chi connectivity index (χ0n) is 3.40. The normalized spacial score (nSPS) is 9.50. The van der Waals surface area contributed by atoms with Crippen LogP contribution >= 0.6 is 0 Å². The van der Waals surface area contributed by atoms with E-state index in [1.54, 1.807) is 0 Å². The summed E-state index contributed by atoms with van der Waals surface area (Å²) >= 11 is 0. The summed E-state index contributed by atoms with van der Waals surface area (Å²) in [6, 6.07) is 0. The van der Waals surface area contributed by atoms with Gasteiger partial charge in [0.1, 0.15) is 0 Å². The molecule has 0 fully saturated rings. The average molecular weight is 60.1 g/mol. The predicted molar refractivity (Wildman–Crippen MR) is 17.3 cm³/mol. The maximum Gasteiger partial charge on any atom is 0.210 e. The maximum absolute atomic E-state index is 6.03. The zero-order valence-corrected chi connectivity index (χ0v) is 2.40. The number of hydrogen-bond acceptors (Lipinski definition) is 1. The van der Waals surface area contributed by atoms with E-state index in [1.165, 1.54) is 6.08 Å². The van der Waals surface area contributed by atoms with Crippen LogP contribution in [0.2, 0.25) is 0 Å². The van der Waals surface area contributed by atoms with E-state index in [2.05, 4.69) is 11.7 Å². The van der Waals surface area contributed by atoms with Crippen molar-refractivity contribution in [2.75, 3.05) is 6.61 Å². The van der Waals surface area contributed by atoms with Crippen LogP contribution in [0.5, 0.6) is 0 Å². The summed E-state index contributed by atoms with van der Waals surface area (Å²) in [6.07, 6.45) is 1.52. The van der Waals surface area contributed by atoms with E-state index in [4.69, 9.17) is 1.43 Å². The van der Waals surface area contributed by atoms with Gasteiger partial charge in [-0.05, 0) is 0 Å². The van der Waals surface area contributed by atoms with Crippen molar-refractivity contribution in [1.82, 2.24) is 0 Å². The molecule has 0 radical (unpaired) electrons. The summed E-state index contributed by atoms with van der Waals surface area (Å²) in [5.74, 6) is 0. The summed E-state index contributed by atoms with van der Waals surface area (Å²) in [5.41, 5.74) is 0. The van der Waals surface area contributed by atoms with Crippen LogP contribution in [0.15, 0.2) is 12.7 Å². The van der Waals surface area contributed by atoms with Crippen molar-refractivity contribution in [3.63, 3.8) is 0 Å². The lowest BCUT2D eigenvalue weighted by atomic mass is 10.7. The van der Waals surface area contributed by atoms with E-state index in [0.717, 1.165) is 0 Å². The van der Waals surface area contributed by atoms with Crippen molar-refractivity contribution in [3.05, 3.63) is 12.7 Å². The molecule has 0 aromatic heterocycles. The lowest BCUT2D eigenvalue weighted by molar-refractivity contribution is 0.343. The third-order valence-electron chi connectivity index (χ3n) is 0.118. The van der Waals surface area contributed by atoms with E-state index >= 15 is 0 Å². The summed E-state index contributed by atoms with van der Waals surface area (Å²) in [6.45, 7) is 3.62. The molecule has 0 amide bonds. The smallest absolute Gasteiger partial charge is 0.210 e. The molecule has 0 heterocycles. The zero-order chi connectivity index (χ0) is 4.12. The van der Waals surface area contributed by atoms with E-state index in [9.17, 15) is 0 Å². The molecule has 0 aliphatic carbocycles. The predicted octanol–water partition coefficient (Wildman–Crippen LogP) is 0.165. The Morgan fingerprint density at radius 2 is 3.25 bits per heavy atom. The van der Waals surface area contributed by atoms with Gasteiger partial charge in [0, 0.05) is 0 Å². The van der Waals surface area contributed by atoms with Gasteiger partial charge in [-0.1, -0.05) is 6.08 Å². The van der Waals surface area contributed by atoms with Gasteiger partial charge in [-0.2, -0.15) is 0 Å². The van der Waals surface area contributed by atoms with Crippen LogP contribution in [0.1, 0.15) is 0 Å². The van der Waals surface area contributed by atoms with Crippen molar-refractivity contribution < 1.29 is 5.11 Å². The first kappa shape index (κ1) is 1.97. The minimum absolute atomic E-state index is 0.319. The molecule has 0 unspecified atom stereocenters. The molecule has 0 atom stereocenters. The van der Waals surface area contributed by atoms with Crippen molar-refractivity contribution in [2.45, 2.75) is 0 Å². The van der Waals surface area contributed by atoms with Crippen LogP contribution < -0.4 is 0 Å². The molecule has 0 spiro atoms. The second-order valence-corrected chi connectivity index (χ2v) is 0.455. The quantitative estimate of drug-likeness (QED) is 0.450. The minimum atomic E-state index is 0.319. The first-order valence-corrected chi connectivity index (χ1v) is 1.11. The molecule has 0 aromatic rings. The summed E-state index contributed by atoms with van der Waals surface area (Å²) in [5, 5.41) is 3.82. The molecule has 0 bridgehead atoms. The van der Waals surface area contributed by atoms with Crippen LogP contribution in [-0.4, -0.2) is 13.1 Å². The highest BCUT2D eigenvalue weighted by atomic mass is 16.2. The van der Waals surface area contributed by atoms with Crippen molar-refractivity contribution >= 4 is 0 Å². The molecule has 0 saturated carbocycles. The van der Waals surface area contributed by atoms with Gasteiger partial charge >= 0.3 is 0 Å². The van der Waals surface area contributed by atoms with Gasteiger partial charge in [-0.25, -0.2) is 0 Å². The van der Waals surface area contributed by atoms with Crippen LogP contribution in [0.25, 0.3) is 0 Å². The molecular weight excluding hydrogens is 52.0 g/mol. The SMILES string of the molecule is [3H]OCC=C. The number of aliphatic hydroxyl groups is 1. The Hall–Kier alpha value is -0.300. The molecule has 0 aliphatic heterocycles. The Kier molecular flexibility index (Phi) is 1.33. The van der Waals surface area contributed by atoms with Crippen LogP contribution in [0, 0.1) is 0 Å². The largest absolute Gasteiger partial charge is 0.392 e. The van der Waals surface area contributed by atoms with Crippen LogP contribution in [0.4, 0.5) is 0 Å². The second-order valence-electron chi connectivity index (χ2n) is 0.455. The molecule has 0 aromatic carbocycles. The average Bonchev–Trinajstić information content (AvgIpc) is 1.41. The van der Waals surface area contributed by atoms with Gasteiger partial charge in [0.25, 0.3) is 0 Å². The molecule has 1 heteroatoms. The first-order valence-electron chi connectivity index (χ1n) is 1.51. The van der Waals surface area contributed by atoms with E-state index in [1.807, 2.05) is 0 Å². The molecule has 4 heavy (non-hydrogen) atoms. The fourth-order valence-electron chi connectivity index (χ4n) is 0. The van der Waals surface area contributed by atoms with Crippen molar-refractivity contribution in [1.29, 1.82) is 1.43 Å². The van der Waals surface area contributed by atoms with Crippen LogP contribution in [0.3, 0.4) is 0 Å². The van der Waals surface area contributed by atoms with E-state index in [0.29, 0.717) is 6.61 Å². The Bertz CT molecular complexity index is 28.1. The maximum atomic E-state index is 6.03. The third-order valence-corrected chi connectivity index (χ3v) is 0.118. The summed E-state index contributed by atoms with van der Waals surface area (Å²) in [7, 11) is 0. The molecule has 0 aliphatic rings. The Morgan fingerprint density at radius 1 is 2.50 bits per heavy atom. The van der Waals surface area contributed by atoms with Gasteiger partial charge in [0.15, 0.2) is 0 Å². The van der Waals surface area contributed by atoms with Gasteiger partial charge in [0.2, 0.25) is 1.43 Å². The monoisotopic (exact) mass is 60.1 g/mol. The highest BCUT2D eigenvalue weighted by Gasteiger charge is 1.45.